The molecule has 0 aliphatic heterocycles. The standard InChI is InChI=1S/C23H36O2/c1-3-4-5-6-7-8-9-10-11-12-13-14-15-16-17-18-19-20-21-25-22-23(2)24/h4-5,7-8,10-11,13-14,16-17H,3,6,9,12,15,18-22H2,1-2H3/b5-4-,8-7-,11-10-,14-13-,17-16-. The average molecular weight is 345 g/mol. The predicted molar refractivity (Wildman–Crippen MR) is 110 cm³/mol. The Labute approximate surface area is 155 Å². The highest BCUT2D eigenvalue weighted by Crippen LogP contribution is 1.99. The average Bonchev–Trinajstić information content (AvgIpc) is 2.60. The molecule has 2 heteroatoms. The van der Waals surface area contributed by atoms with Crippen molar-refractivity contribution in [1.29, 1.82) is 0 Å². The summed E-state index contributed by atoms with van der Waals surface area (Å²) in [5, 5.41) is 0. The molecule has 0 unspecified atom stereocenters. The minimum absolute atomic E-state index is 0.0952. The maximum Gasteiger partial charge on any atom is 0.155 e. The van der Waals surface area contributed by atoms with Crippen LogP contribution in [0.4, 0.5) is 0 Å². The Morgan fingerprint density at radius 1 is 0.720 bits per heavy atom. The Balaban J connectivity index is 3.40. The fraction of sp³-hybridized carbons (Fsp3) is 0.522. The molecule has 0 saturated heterocycles. The molecule has 0 fully saturated rings. The molecule has 0 saturated carbocycles. The van der Waals surface area contributed by atoms with Crippen LogP contribution in [0.2, 0.25) is 0 Å². The summed E-state index contributed by atoms with van der Waals surface area (Å²) in [5.41, 5.74) is 0. The van der Waals surface area contributed by atoms with Gasteiger partial charge in [0.1, 0.15) is 6.61 Å². The van der Waals surface area contributed by atoms with Gasteiger partial charge in [0.05, 0.1) is 0 Å². The van der Waals surface area contributed by atoms with Crippen molar-refractivity contribution in [2.75, 3.05) is 13.2 Å². The molecule has 0 aliphatic carbocycles. The maximum atomic E-state index is 10.7. The fourth-order valence-electron chi connectivity index (χ4n) is 2.05. The molecule has 0 amide bonds. The zero-order valence-electron chi connectivity index (χ0n) is 16.2. The summed E-state index contributed by atoms with van der Waals surface area (Å²) in [6.45, 7) is 4.64. The SMILES string of the molecule is CC/C=C\C/C=C\C/C=C\C/C=C\C/C=C\CCCCOCC(C)=O. The van der Waals surface area contributed by atoms with Gasteiger partial charge in [0.15, 0.2) is 5.78 Å². The van der Waals surface area contributed by atoms with Crippen molar-refractivity contribution in [2.24, 2.45) is 0 Å². The van der Waals surface area contributed by atoms with Crippen LogP contribution in [-0.2, 0) is 9.53 Å². The lowest BCUT2D eigenvalue weighted by Gasteiger charge is -1.99. The van der Waals surface area contributed by atoms with Crippen molar-refractivity contribution >= 4 is 5.78 Å². The number of rotatable bonds is 16. The van der Waals surface area contributed by atoms with E-state index in [4.69, 9.17) is 4.74 Å². The number of ketones is 1. The highest BCUT2D eigenvalue weighted by atomic mass is 16.5. The summed E-state index contributed by atoms with van der Waals surface area (Å²) in [5.74, 6) is 0.0952. The summed E-state index contributed by atoms with van der Waals surface area (Å²) in [6.07, 6.45) is 30.5. The van der Waals surface area contributed by atoms with E-state index in [2.05, 4.69) is 67.7 Å². The number of unbranched alkanes of at least 4 members (excludes halogenated alkanes) is 2. The number of hydrogen-bond donors (Lipinski definition) is 0. The van der Waals surface area contributed by atoms with Crippen LogP contribution in [0.1, 0.15) is 65.2 Å². The molecular formula is C23H36O2. The van der Waals surface area contributed by atoms with Crippen molar-refractivity contribution in [3.63, 3.8) is 0 Å². The Hall–Kier alpha value is -1.67. The normalized spacial score (nSPS) is 12.7. The molecule has 0 aromatic rings. The Bertz CT molecular complexity index is 439. The first kappa shape index (κ1) is 23.3. The van der Waals surface area contributed by atoms with Gasteiger partial charge in [-0.1, -0.05) is 67.7 Å². The van der Waals surface area contributed by atoms with Gasteiger partial charge in [-0.2, -0.15) is 0 Å². The van der Waals surface area contributed by atoms with Gasteiger partial charge in [-0.15, -0.1) is 0 Å². The predicted octanol–water partition coefficient (Wildman–Crippen LogP) is 6.51. The number of carbonyl (C=O) groups excluding carboxylic acids is 1. The quantitative estimate of drug-likeness (QED) is 0.235. The number of ether oxygens (including phenoxy) is 1. The molecular weight excluding hydrogens is 308 g/mol. The lowest BCUT2D eigenvalue weighted by atomic mass is 10.2. The molecule has 0 aromatic heterocycles. The van der Waals surface area contributed by atoms with Gasteiger partial charge < -0.3 is 4.74 Å². The number of allylic oxidation sites excluding steroid dienone is 10. The van der Waals surface area contributed by atoms with Gasteiger partial charge in [-0.3, -0.25) is 4.79 Å². The molecule has 25 heavy (non-hydrogen) atoms. The number of Topliss-reactive ketones (excluding diaryl/α,β-unsaturated/α-hetero) is 1. The topological polar surface area (TPSA) is 26.3 Å². The molecule has 0 aromatic carbocycles. The van der Waals surface area contributed by atoms with Gasteiger partial charge in [0, 0.05) is 6.61 Å². The van der Waals surface area contributed by atoms with Crippen LogP contribution in [0.5, 0.6) is 0 Å². The molecule has 0 heterocycles. The van der Waals surface area contributed by atoms with Gasteiger partial charge in [-0.25, -0.2) is 0 Å². The summed E-state index contributed by atoms with van der Waals surface area (Å²) in [7, 11) is 0. The summed E-state index contributed by atoms with van der Waals surface area (Å²) < 4.78 is 5.23. The van der Waals surface area contributed by atoms with E-state index in [1.807, 2.05) is 0 Å². The van der Waals surface area contributed by atoms with Crippen molar-refractivity contribution in [1.82, 2.24) is 0 Å². The van der Waals surface area contributed by atoms with Crippen molar-refractivity contribution in [3.8, 4) is 0 Å². The summed E-state index contributed by atoms with van der Waals surface area (Å²) in [6, 6.07) is 0. The number of carbonyl (C=O) groups is 1. The minimum atomic E-state index is 0.0952. The van der Waals surface area contributed by atoms with E-state index >= 15 is 0 Å². The Kier molecular flexibility index (Phi) is 19.0. The molecule has 0 atom stereocenters. The van der Waals surface area contributed by atoms with Crippen molar-refractivity contribution < 1.29 is 9.53 Å². The van der Waals surface area contributed by atoms with E-state index in [-0.39, 0.29) is 12.4 Å². The molecule has 0 rings (SSSR count). The maximum absolute atomic E-state index is 10.7. The molecule has 140 valence electrons. The molecule has 0 radical (unpaired) electrons. The second kappa shape index (κ2) is 20.4. The third kappa shape index (κ3) is 22.3. The lowest BCUT2D eigenvalue weighted by Crippen LogP contribution is -2.04. The van der Waals surface area contributed by atoms with E-state index in [9.17, 15) is 4.79 Å². The van der Waals surface area contributed by atoms with Crippen molar-refractivity contribution in [2.45, 2.75) is 65.2 Å². The van der Waals surface area contributed by atoms with Crippen LogP contribution in [0.15, 0.2) is 60.8 Å². The minimum Gasteiger partial charge on any atom is -0.374 e. The van der Waals surface area contributed by atoms with E-state index in [1.165, 1.54) is 0 Å². The zero-order valence-corrected chi connectivity index (χ0v) is 16.2. The molecule has 0 aliphatic rings. The molecule has 0 spiro atoms. The van der Waals surface area contributed by atoms with E-state index in [0.29, 0.717) is 6.61 Å². The summed E-state index contributed by atoms with van der Waals surface area (Å²) >= 11 is 0. The third-order valence-electron chi connectivity index (χ3n) is 3.37. The van der Waals surface area contributed by atoms with Gasteiger partial charge in [0.25, 0.3) is 0 Å². The fourth-order valence-corrected chi connectivity index (χ4v) is 2.05. The number of hydrogen-bond acceptors (Lipinski definition) is 2. The first-order valence-corrected chi connectivity index (χ1v) is 9.59. The second-order valence-corrected chi connectivity index (χ2v) is 5.96. The lowest BCUT2D eigenvalue weighted by molar-refractivity contribution is -0.121. The van der Waals surface area contributed by atoms with Crippen LogP contribution in [0, 0.1) is 0 Å². The third-order valence-corrected chi connectivity index (χ3v) is 3.37. The molecule has 2 nitrogen and oxygen atoms in total. The Morgan fingerprint density at radius 3 is 1.68 bits per heavy atom. The van der Waals surface area contributed by atoms with Crippen LogP contribution in [-0.4, -0.2) is 19.0 Å². The zero-order chi connectivity index (χ0) is 18.4. The summed E-state index contributed by atoms with van der Waals surface area (Å²) in [4.78, 5) is 10.7. The van der Waals surface area contributed by atoms with E-state index in [0.717, 1.165) is 51.4 Å². The van der Waals surface area contributed by atoms with Crippen LogP contribution in [0.25, 0.3) is 0 Å². The monoisotopic (exact) mass is 344 g/mol. The van der Waals surface area contributed by atoms with Crippen molar-refractivity contribution in [3.05, 3.63) is 60.8 Å². The highest BCUT2D eigenvalue weighted by molar-refractivity contribution is 5.76. The van der Waals surface area contributed by atoms with E-state index in [1.54, 1.807) is 6.92 Å². The van der Waals surface area contributed by atoms with Gasteiger partial charge in [0.2, 0.25) is 0 Å². The second-order valence-electron chi connectivity index (χ2n) is 5.96. The largest absolute Gasteiger partial charge is 0.374 e. The van der Waals surface area contributed by atoms with Gasteiger partial charge in [-0.05, 0) is 58.3 Å². The van der Waals surface area contributed by atoms with Crippen LogP contribution in [0.3, 0.4) is 0 Å². The van der Waals surface area contributed by atoms with Crippen LogP contribution < -0.4 is 0 Å². The Morgan fingerprint density at radius 2 is 1.20 bits per heavy atom. The van der Waals surface area contributed by atoms with Gasteiger partial charge >= 0.3 is 0 Å². The molecule has 0 bridgehead atoms. The smallest absolute Gasteiger partial charge is 0.155 e. The highest BCUT2D eigenvalue weighted by Gasteiger charge is 1.92. The van der Waals surface area contributed by atoms with Crippen LogP contribution >= 0.6 is 0 Å². The first-order chi connectivity index (χ1) is 12.3. The first-order valence-electron chi connectivity index (χ1n) is 9.59. The molecule has 0 N–H and O–H groups in total. The van der Waals surface area contributed by atoms with E-state index < -0.39 is 0 Å².